The molecule has 106 valence electrons. The average Bonchev–Trinajstić information content (AvgIpc) is 2.83. The highest BCUT2D eigenvalue weighted by Crippen LogP contribution is 2.27. The standard InChI is InChI=1S/C17H16N2O2/c20-16(18-11-12-6-2-1-3-7-12)10-15-13-8-4-5-9-14(13)17(21)19-15/h1-9,15H,10-11H2,(H,18,20)(H,19,21). The van der Waals surface area contributed by atoms with Crippen molar-refractivity contribution in [3.8, 4) is 0 Å². The van der Waals surface area contributed by atoms with Crippen molar-refractivity contribution in [2.75, 3.05) is 0 Å². The number of rotatable bonds is 4. The third kappa shape index (κ3) is 2.94. The quantitative estimate of drug-likeness (QED) is 0.902. The van der Waals surface area contributed by atoms with Crippen molar-refractivity contribution in [2.45, 2.75) is 19.0 Å². The summed E-state index contributed by atoms with van der Waals surface area (Å²) in [5.74, 6) is -0.174. The van der Waals surface area contributed by atoms with Crippen molar-refractivity contribution in [3.63, 3.8) is 0 Å². The summed E-state index contributed by atoms with van der Waals surface area (Å²) in [6.45, 7) is 0.502. The molecule has 2 aromatic carbocycles. The van der Waals surface area contributed by atoms with Crippen LogP contribution in [0.25, 0.3) is 0 Å². The molecule has 2 amide bonds. The largest absolute Gasteiger partial charge is 0.352 e. The van der Waals surface area contributed by atoms with Gasteiger partial charge in [-0.3, -0.25) is 9.59 Å². The Bertz CT molecular complexity index is 668. The van der Waals surface area contributed by atoms with E-state index in [1.165, 1.54) is 0 Å². The molecule has 2 aromatic rings. The topological polar surface area (TPSA) is 58.2 Å². The van der Waals surface area contributed by atoms with Gasteiger partial charge in [-0.25, -0.2) is 0 Å². The van der Waals surface area contributed by atoms with Gasteiger partial charge >= 0.3 is 0 Å². The lowest BCUT2D eigenvalue weighted by atomic mass is 10.0. The number of hydrogen-bond acceptors (Lipinski definition) is 2. The molecular formula is C17H16N2O2. The lowest BCUT2D eigenvalue weighted by Crippen LogP contribution is -2.28. The third-order valence-electron chi connectivity index (χ3n) is 3.61. The molecule has 1 atom stereocenters. The molecule has 0 bridgehead atoms. The van der Waals surface area contributed by atoms with Crippen molar-refractivity contribution < 1.29 is 9.59 Å². The van der Waals surface area contributed by atoms with Gasteiger partial charge < -0.3 is 10.6 Å². The molecule has 4 nitrogen and oxygen atoms in total. The highest BCUT2D eigenvalue weighted by molar-refractivity contribution is 5.99. The van der Waals surface area contributed by atoms with Gasteiger partial charge in [-0.05, 0) is 17.2 Å². The van der Waals surface area contributed by atoms with Crippen LogP contribution in [0.4, 0.5) is 0 Å². The zero-order chi connectivity index (χ0) is 14.7. The van der Waals surface area contributed by atoms with E-state index in [1.54, 1.807) is 6.07 Å². The van der Waals surface area contributed by atoms with E-state index in [2.05, 4.69) is 10.6 Å². The first-order chi connectivity index (χ1) is 10.2. The van der Waals surface area contributed by atoms with Crippen molar-refractivity contribution in [3.05, 3.63) is 71.3 Å². The molecule has 21 heavy (non-hydrogen) atoms. The van der Waals surface area contributed by atoms with Gasteiger partial charge in [0.2, 0.25) is 5.91 Å². The van der Waals surface area contributed by atoms with Gasteiger partial charge in [-0.1, -0.05) is 48.5 Å². The predicted molar refractivity (Wildman–Crippen MR) is 79.6 cm³/mol. The minimum Gasteiger partial charge on any atom is -0.352 e. The predicted octanol–water partition coefficient (Wildman–Crippen LogP) is 2.18. The second kappa shape index (κ2) is 5.79. The number of fused-ring (bicyclic) bond motifs is 1. The summed E-state index contributed by atoms with van der Waals surface area (Å²) in [5.41, 5.74) is 2.62. The number of amides is 2. The Hall–Kier alpha value is -2.62. The van der Waals surface area contributed by atoms with E-state index in [-0.39, 0.29) is 24.3 Å². The molecule has 0 radical (unpaired) electrons. The van der Waals surface area contributed by atoms with Crippen molar-refractivity contribution >= 4 is 11.8 Å². The second-order valence-electron chi connectivity index (χ2n) is 5.08. The molecule has 0 fully saturated rings. The fraction of sp³-hybridized carbons (Fsp3) is 0.176. The Morgan fingerprint density at radius 1 is 1.05 bits per heavy atom. The van der Waals surface area contributed by atoms with Crippen LogP contribution in [0.15, 0.2) is 54.6 Å². The van der Waals surface area contributed by atoms with E-state index < -0.39 is 0 Å². The van der Waals surface area contributed by atoms with Crippen molar-refractivity contribution in [1.29, 1.82) is 0 Å². The monoisotopic (exact) mass is 280 g/mol. The van der Waals surface area contributed by atoms with E-state index in [0.717, 1.165) is 11.1 Å². The van der Waals surface area contributed by atoms with Gasteiger partial charge in [-0.2, -0.15) is 0 Å². The molecule has 1 aliphatic rings. The zero-order valence-corrected chi connectivity index (χ0v) is 11.5. The summed E-state index contributed by atoms with van der Waals surface area (Å²) in [7, 11) is 0. The Balaban J connectivity index is 1.60. The average molecular weight is 280 g/mol. The minimum atomic E-state index is -0.232. The van der Waals surface area contributed by atoms with Crippen LogP contribution in [0.1, 0.15) is 33.9 Å². The molecule has 0 spiro atoms. The maximum Gasteiger partial charge on any atom is 0.252 e. The number of hydrogen-bond donors (Lipinski definition) is 2. The molecule has 1 aliphatic heterocycles. The number of nitrogens with one attached hydrogen (secondary N) is 2. The summed E-state index contributed by atoms with van der Waals surface area (Å²) in [4.78, 5) is 23.8. The van der Waals surface area contributed by atoms with Gasteiger partial charge in [0.15, 0.2) is 0 Å². The lowest BCUT2D eigenvalue weighted by molar-refractivity contribution is -0.121. The van der Waals surface area contributed by atoms with Crippen LogP contribution in [-0.4, -0.2) is 11.8 Å². The van der Waals surface area contributed by atoms with E-state index in [4.69, 9.17) is 0 Å². The molecule has 1 heterocycles. The molecule has 0 saturated carbocycles. The fourth-order valence-electron chi connectivity index (χ4n) is 2.54. The Morgan fingerprint density at radius 2 is 1.76 bits per heavy atom. The van der Waals surface area contributed by atoms with Gasteiger partial charge in [0.05, 0.1) is 12.5 Å². The van der Waals surface area contributed by atoms with Gasteiger partial charge in [0.25, 0.3) is 5.91 Å². The molecular weight excluding hydrogens is 264 g/mol. The van der Waals surface area contributed by atoms with E-state index in [9.17, 15) is 9.59 Å². The first kappa shape index (κ1) is 13.4. The first-order valence-corrected chi connectivity index (χ1v) is 6.94. The van der Waals surface area contributed by atoms with Crippen molar-refractivity contribution in [1.82, 2.24) is 10.6 Å². The summed E-state index contributed by atoms with van der Waals surface area (Å²) in [5, 5.41) is 5.73. The maximum atomic E-state index is 12.0. The number of carbonyl (C=O) groups is 2. The summed E-state index contributed by atoms with van der Waals surface area (Å²) in [6, 6.07) is 16.9. The molecule has 0 aromatic heterocycles. The molecule has 3 rings (SSSR count). The van der Waals surface area contributed by atoms with Crippen LogP contribution in [0, 0.1) is 0 Å². The van der Waals surface area contributed by atoms with E-state index in [0.29, 0.717) is 12.1 Å². The van der Waals surface area contributed by atoms with Crippen LogP contribution in [0.3, 0.4) is 0 Å². The van der Waals surface area contributed by atoms with Crippen LogP contribution in [-0.2, 0) is 11.3 Å². The van der Waals surface area contributed by atoms with Gasteiger partial charge in [-0.15, -0.1) is 0 Å². The van der Waals surface area contributed by atoms with Gasteiger partial charge in [0, 0.05) is 12.1 Å². The molecule has 0 saturated heterocycles. The van der Waals surface area contributed by atoms with E-state index in [1.807, 2.05) is 48.5 Å². The fourth-order valence-corrected chi connectivity index (χ4v) is 2.54. The number of benzene rings is 2. The summed E-state index contributed by atoms with van der Waals surface area (Å²) in [6.07, 6.45) is 0.260. The molecule has 0 aliphatic carbocycles. The first-order valence-electron chi connectivity index (χ1n) is 6.94. The molecule has 4 heteroatoms. The normalized spacial score (nSPS) is 16.2. The van der Waals surface area contributed by atoms with Crippen molar-refractivity contribution in [2.24, 2.45) is 0 Å². The van der Waals surface area contributed by atoms with E-state index >= 15 is 0 Å². The van der Waals surface area contributed by atoms with Gasteiger partial charge in [0.1, 0.15) is 0 Å². The van der Waals surface area contributed by atoms with Crippen LogP contribution in [0.2, 0.25) is 0 Å². The molecule has 2 N–H and O–H groups in total. The maximum absolute atomic E-state index is 12.0. The Kier molecular flexibility index (Phi) is 3.69. The minimum absolute atomic E-state index is 0.0687. The Labute approximate surface area is 123 Å². The smallest absolute Gasteiger partial charge is 0.252 e. The zero-order valence-electron chi connectivity index (χ0n) is 11.5. The third-order valence-corrected chi connectivity index (χ3v) is 3.61. The SMILES string of the molecule is O=C(CC1NC(=O)c2ccccc21)NCc1ccccc1. The molecule has 1 unspecified atom stereocenters. The Morgan fingerprint density at radius 3 is 2.57 bits per heavy atom. The summed E-state index contributed by atoms with van der Waals surface area (Å²) < 4.78 is 0. The summed E-state index contributed by atoms with van der Waals surface area (Å²) >= 11 is 0. The second-order valence-corrected chi connectivity index (χ2v) is 5.08. The van der Waals surface area contributed by atoms with Crippen LogP contribution < -0.4 is 10.6 Å². The lowest BCUT2D eigenvalue weighted by Gasteiger charge is -2.12. The number of carbonyl (C=O) groups excluding carboxylic acids is 2. The van der Waals surface area contributed by atoms with Crippen LogP contribution >= 0.6 is 0 Å². The highest BCUT2D eigenvalue weighted by Gasteiger charge is 2.29. The highest BCUT2D eigenvalue weighted by atomic mass is 16.2. The van der Waals surface area contributed by atoms with Crippen LogP contribution in [0.5, 0.6) is 0 Å².